The molecule has 0 aliphatic carbocycles. The van der Waals surface area contributed by atoms with Crippen molar-refractivity contribution >= 4 is 34.3 Å². The van der Waals surface area contributed by atoms with Crippen molar-refractivity contribution < 1.29 is 23.5 Å². The Balaban J connectivity index is 1.72. The molecule has 0 aliphatic rings. The molecule has 1 amide bonds. The molecule has 0 radical (unpaired) electrons. The van der Waals surface area contributed by atoms with E-state index in [0.717, 1.165) is 11.3 Å². The number of aromatic nitrogens is 2. The van der Waals surface area contributed by atoms with Gasteiger partial charge in [-0.05, 0) is 36.2 Å². The molecule has 2 N–H and O–H groups in total. The fraction of sp³-hybridized carbons (Fsp3) is 0.222. The highest BCUT2D eigenvalue weighted by atomic mass is 19.1. The van der Waals surface area contributed by atoms with Crippen molar-refractivity contribution in [2.24, 2.45) is 0 Å². The zero-order valence-electron chi connectivity index (χ0n) is 20.3. The largest absolute Gasteiger partial charge is 0.497 e. The Bertz CT molecular complexity index is 1400. The lowest BCUT2D eigenvalue weighted by Gasteiger charge is -2.11. The number of amides is 1. The molecule has 2 heterocycles. The maximum absolute atomic E-state index is 14.0. The number of nitrogens with zero attached hydrogens (tertiary/aromatic N) is 2. The van der Waals surface area contributed by atoms with Crippen LogP contribution in [0.2, 0.25) is 0 Å². The van der Waals surface area contributed by atoms with Crippen molar-refractivity contribution in [3.8, 4) is 5.75 Å². The third kappa shape index (κ3) is 5.30. The van der Waals surface area contributed by atoms with E-state index in [1.807, 2.05) is 24.3 Å². The summed E-state index contributed by atoms with van der Waals surface area (Å²) >= 11 is 0. The van der Waals surface area contributed by atoms with Crippen LogP contribution in [0.1, 0.15) is 28.5 Å². The van der Waals surface area contributed by atoms with Crippen LogP contribution >= 0.6 is 0 Å². The van der Waals surface area contributed by atoms with Crippen LogP contribution < -0.4 is 15.4 Å². The number of halogens is 1. The Morgan fingerprint density at radius 3 is 2.50 bits per heavy atom. The first-order valence-corrected chi connectivity index (χ1v) is 11.4. The fourth-order valence-electron chi connectivity index (χ4n) is 4.02. The van der Waals surface area contributed by atoms with Crippen molar-refractivity contribution in [3.63, 3.8) is 0 Å². The fourth-order valence-corrected chi connectivity index (χ4v) is 4.02. The number of fused-ring (bicyclic) bond motifs is 1. The predicted octanol–water partition coefficient (Wildman–Crippen LogP) is 4.78. The number of esters is 1. The minimum atomic E-state index is -0.590. The second-order valence-corrected chi connectivity index (χ2v) is 8.19. The number of anilines is 2. The molecule has 0 atom stereocenters. The Morgan fingerprint density at radius 1 is 1.08 bits per heavy atom. The average Bonchev–Trinajstić information content (AvgIpc) is 3.18. The summed E-state index contributed by atoms with van der Waals surface area (Å²) in [6, 6.07) is 15.9. The molecule has 0 aliphatic heterocycles. The van der Waals surface area contributed by atoms with Crippen LogP contribution in [0.15, 0.2) is 60.8 Å². The Labute approximate surface area is 208 Å². The van der Waals surface area contributed by atoms with Gasteiger partial charge < -0.3 is 24.7 Å². The lowest BCUT2D eigenvalue weighted by molar-refractivity contribution is -0.114. The van der Waals surface area contributed by atoms with E-state index in [1.54, 1.807) is 42.1 Å². The first kappa shape index (κ1) is 24.7. The smallest absolute Gasteiger partial charge is 0.356 e. The van der Waals surface area contributed by atoms with Crippen molar-refractivity contribution in [2.75, 3.05) is 24.9 Å². The van der Waals surface area contributed by atoms with E-state index in [4.69, 9.17) is 9.47 Å². The molecule has 0 saturated carbocycles. The zero-order valence-corrected chi connectivity index (χ0v) is 20.3. The van der Waals surface area contributed by atoms with Gasteiger partial charge in [0.15, 0.2) is 5.69 Å². The number of nitrogens with one attached hydrogen (secondary N) is 2. The number of rotatable bonds is 9. The molecule has 0 fully saturated rings. The molecule has 36 heavy (non-hydrogen) atoms. The van der Waals surface area contributed by atoms with E-state index in [2.05, 4.69) is 15.6 Å². The van der Waals surface area contributed by atoms with Crippen LogP contribution in [0, 0.1) is 5.82 Å². The second kappa shape index (κ2) is 10.9. The third-order valence-electron chi connectivity index (χ3n) is 5.80. The Morgan fingerprint density at radius 2 is 1.83 bits per heavy atom. The molecule has 0 spiro atoms. The van der Waals surface area contributed by atoms with Gasteiger partial charge in [-0.1, -0.05) is 30.3 Å². The SMILES string of the molecule is COC(=O)c1c(NC(C)=O)c2cc(NCc3ccccc3F)cnc2n1CCc1ccc(OC)cc1. The molecular formula is C27H27FN4O4. The lowest BCUT2D eigenvalue weighted by atomic mass is 10.1. The average molecular weight is 491 g/mol. The molecule has 0 unspecified atom stereocenters. The zero-order chi connectivity index (χ0) is 25.7. The van der Waals surface area contributed by atoms with Gasteiger partial charge in [-0.25, -0.2) is 14.2 Å². The highest BCUT2D eigenvalue weighted by Gasteiger charge is 2.25. The normalized spacial score (nSPS) is 10.8. The molecule has 4 rings (SSSR count). The number of ether oxygens (including phenoxy) is 2. The minimum Gasteiger partial charge on any atom is -0.497 e. The van der Waals surface area contributed by atoms with Crippen molar-refractivity contribution in [1.82, 2.24) is 9.55 Å². The Kier molecular flexibility index (Phi) is 7.48. The van der Waals surface area contributed by atoms with Gasteiger partial charge in [0.05, 0.1) is 31.8 Å². The number of methoxy groups -OCH3 is 2. The van der Waals surface area contributed by atoms with E-state index in [-0.39, 0.29) is 24.0 Å². The summed E-state index contributed by atoms with van der Waals surface area (Å²) in [6.45, 7) is 2.04. The molecule has 9 heteroatoms. The van der Waals surface area contributed by atoms with Gasteiger partial charge in [0.1, 0.15) is 17.2 Å². The van der Waals surface area contributed by atoms with Gasteiger partial charge in [-0.3, -0.25) is 4.79 Å². The number of hydrogen-bond acceptors (Lipinski definition) is 6. The monoisotopic (exact) mass is 490 g/mol. The van der Waals surface area contributed by atoms with E-state index < -0.39 is 5.97 Å². The van der Waals surface area contributed by atoms with Gasteiger partial charge in [0, 0.05) is 31.0 Å². The molecule has 2 aromatic carbocycles. The van der Waals surface area contributed by atoms with Crippen LogP contribution in [0.25, 0.3) is 11.0 Å². The summed E-state index contributed by atoms with van der Waals surface area (Å²) in [5, 5.41) is 6.50. The number of carbonyl (C=O) groups excluding carboxylic acids is 2. The standard InChI is InChI=1S/C27H27FN4O4/c1-17(33)31-24-22-14-20(29-15-19-6-4-5-7-23(19)28)16-30-26(22)32(25(24)27(34)36-3)13-12-18-8-10-21(35-2)11-9-18/h4-11,14,16,29H,12-13,15H2,1-3H3,(H,31,33). The van der Waals surface area contributed by atoms with Gasteiger partial charge in [-0.15, -0.1) is 0 Å². The van der Waals surface area contributed by atoms with Gasteiger partial charge in [-0.2, -0.15) is 0 Å². The number of hydrogen-bond donors (Lipinski definition) is 2. The summed E-state index contributed by atoms with van der Waals surface area (Å²) in [6.07, 6.45) is 2.22. The predicted molar refractivity (Wildman–Crippen MR) is 136 cm³/mol. The maximum Gasteiger partial charge on any atom is 0.356 e. The molecule has 0 saturated heterocycles. The molecule has 2 aromatic heterocycles. The summed E-state index contributed by atoms with van der Waals surface area (Å²) < 4.78 is 26.1. The van der Waals surface area contributed by atoms with E-state index in [0.29, 0.717) is 40.9 Å². The summed E-state index contributed by atoms with van der Waals surface area (Å²) in [4.78, 5) is 29.5. The van der Waals surface area contributed by atoms with Gasteiger partial charge in [0.2, 0.25) is 5.91 Å². The third-order valence-corrected chi connectivity index (χ3v) is 5.80. The van der Waals surface area contributed by atoms with E-state index in [9.17, 15) is 14.0 Å². The van der Waals surface area contributed by atoms with Crippen molar-refractivity contribution in [2.45, 2.75) is 26.4 Å². The number of aryl methyl sites for hydroxylation is 2. The van der Waals surface area contributed by atoms with Crippen LogP contribution in [0.5, 0.6) is 5.75 Å². The first-order chi connectivity index (χ1) is 17.4. The molecule has 8 nitrogen and oxygen atoms in total. The number of carbonyl (C=O) groups is 2. The lowest BCUT2D eigenvalue weighted by Crippen LogP contribution is -2.16. The van der Waals surface area contributed by atoms with E-state index >= 15 is 0 Å². The quantitative estimate of drug-likeness (QED) is 0.328. The topological polar surface area (TPSA) is 94.5 Å². The molecular weight excluding hydrogens is 463 g/mol. The second-order valence-electron chi connectivity index (χ2n) is 8.19. The summed E-state index contributed by atoms with van der Waals surface area (Å²) in [5.74, 6) is -0.479. The van der Waals surface area contributed by atoms with Crippen LogP contribution in [-0.2, 0) is 29.0 Å². The highest BCUT2D eigenvalue weighted by Crippen LogP contribution is 2.33. The first-order valence-electron chi connectivity index (χ1n) is 11.4. The maximum atomic E-state index is 14.0. The Hall–Kier alpha value is -4.40. The minimum absolute atomic E-state index is 0.204. The summed E-state index contributed by atoms with van der Waals surface area (Å²) in [5.41, 5.74) is 3.20. The summed E-state index contributed by atoms with van der Waals surface area (Å²) in [7, 11) is 2.90. The van der Waals surface area contributed by atoms with Gasteiger partial charge >= 0.3 is 5.97 Å². The highest BCUT2D eigenvalue weighted by molar-refractivity contribution is 6.10. The van der Waals surface area contributed by atoms with Crippen LogP contribution in [-0.4, -0.2) is 35.6 Å². The van der Waals surface area contributed by atoms with Crippen LogP contribution in [0.3, 0.4) is 0 Å². The molecule has 4 aromatic rings. The van der Waals surface area contributed by atoms with Crippen molar-refractivity contribution in [1.29, 1.82) is 0 Å². The van der Waals surface area contributed by atoms with Gasteiger partial charge in [0.25, 0.3) is 0 Å². The number of pyridine rings is 1. The molecule has 186 valence electrons. The van der Waals surface area contributed by atoms with Crippen LogP contribution in [0.4, 0.5) is 15.8 Å². The molecule has 0 bridgehead atoms. The van der Waals surface area contributed by atoms with Crippen molar-refractivity contribution in [3.05, 3.63) is 83.4 Å². The van der Waals surface area contributed by atoms with E-state index in [1.165, 1.54) is 20.1 Å². The number of benzene rings is 2.